The Morgan fingerprint density at radius 3 is 2.57 bits per heavy atom. The molecule has 0 amide bonds. The standard InChI is InChI=1S/C20H23F2NO5S2/c1-14-11-15(3-6-19(14)28-13-20(24)25)29-9-8-23-7-2-10-30(26,27)16-4-5-17(21)18(22)12-16/h3-6,11-12,23H,2,7-10,13H2,1H3,(H,24,25). The maximum atomic E-state index is 13.2. The van der Waals surface area contributed by atoms with Crippen molar-refractivity contribution in [2.24, 2.45) is 0 Å². The van der Waals surface area contributed by atoms with Gasteiger partial charge in [0, 0.05) is 17.2 Å². The lowest BCUT2D eigenvalue weighted by atomic mass is 10.2. The Morgan fingerprint density at radius 2 is 1.90 bits per heavy atom. The van der Waals surface area contributed by atoms with E-state index in [1.54, 1.807) is 17.8 Å². The Hall–Kier alpha value is -2.17. The number of aryl methyl sites for hydroxylation is 1. The largest absolute Gasteiger partial charge is 0.482 e. The van der Waals surface area contributed by atoms with Gasteiger partial charge in [-0.3, -0.25) is 0 Å². The summed E-state index contributed by atoms with van der Waals surface area (Å²) in [7, 11) is -3.65. The molecular formula is C20H23F2NO5S2. The summed E-state index contributed by atoms with van der Waals surface area (Å²) in [6.45, 7) is 2.59. The van der Waals surface area contributed by atoms with Gasteiger partial charge in [0.25, 0.3) is 0 Å². The Bertz CT molecular complexity index is 983. The first kappa shape index (κ1) is 24.1. The molecule has 2 aromatic carbocycles. The number of rotatable bonds is 12. The zero-order chi connectivity index (χ0) is 22.1. The topological polar surface area (TPSA) is 92.7 Å². The van der Waals surface area contributed by atoms with Crippen molar-refractivity contribution in [2.45, 2.75) is 23.1 Å². The number of thioether (sulfide) groups is 1. The summed E-state index contributed by atoms with van der Waals surface area (Å²) in [5, 5.41) is 11.8. The molecular weight excluding hydrogens is 436 g/mol. The average Bonchev–Trinajstić information content (AvgIpc) is 2.68. The second-order valence-electron chi connectivity index (χ2n) is 6.46. The van der Waals surface area contributed by atoms with E-state index in [0.29, 0.717) is 31.3 Å². The number of carbonyl (C=O) groups is 1. The van der Waals surface area contributed by atoms with Crippen LogP contribution in [0.3, 0.4) is 0 Å². The number of ether oxygens (including phenoxy) is 1. The van der Waals surface area contributed by atoms with Gasteiger partial charge in [0.1, 0.15) is 5.75 Å². The molecule has 0 fully saturated rings. The Morgan fingerprint density at radius 1 is 1.13 bits per heavy atom. The van der Waals surface area contributed by atoms with E-state index in [4.69, 9.17) is 9.84 Å². The fraction of sp³-hybridized carbons (Fsp3) is 0.350. The number of nitrogens with one attached hydrogen (secondary N) is 1. The molecule has 0 saturated carbocycles. The quantitative estimate of drug-likeness (QED) is 0.286. The van der Waals surface area contributed by atoms with E-state index >= 15 is 0 Å². The summed E-state index contributed by atoms with van der Waals surface area (Å²) < 4.78 is 55.6. The Kier molecular flexibility index (Phi) is 9.07. The molecule has 0 saturated heterocycles. The van der Waals surface area contributed by atoms with Gasteiger partial charge in [0.15, 0.2) is 28.1 Å². The molecule has 2 rings (SSSR count). The van der Waals surface area contributed by atoms with Gasteiger partial charge in [0.2, 0.25) is 0 Å². The number of hydrogen-bond donors (Lipinski definition) is 2. The highest BCUT2D eigenvalue weighted by Crippen LogP contribution is 2.25. The molecule has 0 aliphatic rings. The summed E-state index contributed by atoms with van der Waals surface area (Å²) in [6, 6.07) is 8.08. The van der Waals surface area contributed by atoms with Crippen molar-refractivity contribution in [3.05, 3.63) is 53.6 Å². The Balaban J connectivity index is 1.67. The Labute approximate surface area is 178 Å². The van der Waals surface area contributed by atoms with Crippen molar-refractivity contribution in [2.75, 3.05) is 31.2 Å². The average molecular weight is 460 g/mol. The molecule has 30 heavy (non-hydrogen) atoms. The predicted octanol–water partition coefficient (Wildman–Crippen LogP) is 3.28. The van der Waals surface area contributed by atoms with Gasteiger partial charge in [-0.15, -0.1) is 11.8 Å². The van der Waals surface area contributed by atoms with E-state index in [0.717, 1.165) is 28.3 Å². The molecule has 0 aliphatic carbocycles. The monoisotopic (exact) mass is 459 g/mol. The third kappa shape index (κ3) is 7.58. The third-order valence-corrected chi connectivity index (χ3v) is 6.86. The molecule has 0 spiro atoms. The first-order chi connectivity index (χ1) is 14.2. The minimum absolute atomic E-state index is 0.158. The van der Waals surface area contributed by atoms with E-state index in [1.165, 1.54) is 0 Å². The number of sulfone groups is 1. The van der Waals surface area contributed by atoms with Crippen LogP contribution in [0.1, 0.15) is 12.0 Å². The second-order valence-corrected chi connectivity index (χ2v) is 9.73. The number of aliphatic carboxylic acids is 1. The minimum atomic E-state index is -3.65. The molecule has 6 nitrogen and oxygen atoms in total. The van der Waals surface area contributed by atoms with Crippen molar-refractivity contribution in [1.82, 2.24) is 5.32 Å². The molecule has 0 unspecified atom stereocenters. The summed E-state index contributed by atoms with van der Waals surface area (Å²) in [5.41, 5.74) is 0.844. The summed E-state index contributed by atoms with van der Waals surface area (Å²) >= 11 is 1.60. The maximum absolute atomic E-state index is 13.2. The van der Waals surface area contributed by atoms with Crippen LogP contribution < -0.4 is 10.1 Å². The van der Waals surface area contributed by atoms with Gasteiger partial charge >= 0.3 is 5.97 Å². The van der Waals surface area contributed by atoms with Crippen LogP contribution in [0.5, 0.6) is 5.75 Å². The van der Waals surface area contributed by atoms with Crippen molar-refractivity contribution in [3.63, 3.8) is 0 Å². The van der Waals surface area contributed by atoms with Crippen LogP contribution in [0.15, 0.2) is 46.2 Å². The first-order valence-corrected chi connectivity index (χ1v) is 11.8. The van der Waals surface area contributed by atoms with E-state index in [9.17, 15) is 22.0 Å². The SMILES string of the molecule is Cc1cc(SCCNCCCS(=O)(=O)c2ccc(F)c(F)c2)ccc1OCC(=O)O. The molecule has 0 bridgehead atoms. The van der Waals surface area contributed by atoms with Crippen molar-refractivity contribution < 1.29 is 31.8 Å². The van der Waals surface area contributed by atoms with E-state index in [-0.39, 0.29) is 17.3 Å². The molecule has 2 aromatic rings. The van der Waals surface area contributed by atoms with Gasteiger partial charge in [0.05, 0.1) is 10.6 Å². The highest BCUT2D eigenvalue weighted by atomic mass is 32.2. The molecule has 0 aromatic heterocycles. The fourth-order valence-corrected chi connectivity index (χ4v) is 4.78. The van der Waals surface area contributed by atoms with Gasteiger partial charge in [-0.25, -0.2) is 22.0 Å². The molecule has 0 heterocycles. The van der Waals surface area contributed by atoms with E-state index < -0.39 is 27.4 Å². The minimum Gasteiger partial charge on any atom is -0.482 e. The zero-order valence-electron chi connectivity index (χ0n) is 16.4. The maximum Gasteiger partial charge on any atom is 0.341 e. The van der Waals surface area contributed by atoms with Crippen LogP contribution in [-0.4, -0.2) is 50.7 Å². The van der Waals surface area contributed by atoms with Crippen molar-refractivity contribution in [3.8, 4) is 5.75 Å². The van der Waals surface area contributed by atoms with Gasteiger partial charge in [-0.2, -0.15) is 0 Å². The second kappa shape index (κ2) is 11.3. The lowest BCUT2D eigenvalue weighted by Crippen LogP contribution is -2.21. The van der Waals surface area contributed by atoms with Crippen molar-refractivity contribution in [1.29, 1.82) is 0 Å². The number of hydrogen-bond acceptors (Lipinski definition) is 6. The summed E-state index contributed by atoms with van der Waals surface area (Å²) in [5.74, 6) is -2.16. The van der Waals surface area contributed by atoms with Crippen LogP contribution in [0.25, 0.3) is 0 Å². The van der Waals surface area contributed by atoms with Crippen LogP contribution in [0, 0.1) is 18.6 Å². The molecule has 0 atom stereocenters. The lowest BCUT2D eigenvalue weighted by molar-refractivity contribution is -0.139. The smallest absolute Gasteiger partial charge is 0.341 e. The fourth-order valence-electron chi connectivity index (χ4n) is 2.55. The first-order valence-electron chi connectivity index (χ1n) is 9.15. The third-order valence-electron chi connectivity index (χ3n) is 4.06. The van der Waals surface area contributed by atoms with Crippen LogP contribution >= 0.6 is 11.8 Å². The normalized spacial score (nSPS) is 11.4. The predicted molar refractivity (Wildman–Crippen MR) is 111 cm³/mol. The highest BCUT2D eigenvalue weighted by molar-refractivity contribution is 7.99. The number of halogens is 2. The van der Waals surface area contributed by atoms with Gasteiger partial charge in [-0.1, -0.05) is 0 Å². The van der Waals surface area contributed by atoms with Crippen molar-refractivity contribution >= 4 is 27.6 Å². The molecule has 164 valence electrons. The van der Waals surface area contributed by atoms with E-state index in [1.807, 2.05) is 19.1 Å². The molecule has 2 N–H and O–H groups in total. The molecule has 10 heteroatoms. The lowest BCUT2D eigenvalue weighted by Gasteiger charge is -2.09. The van der Waals surface area contributed by atoms with Crippen LogP contribution in [0.2, 0.25) is 0 Å². The van der Waals surface area contributed by atoms with Gasteiger partial charge in [-0.05, 0) is 61.9 Å². The zero-order valence-corrected chi connectivity index (χ0v) is 18.0. The summed E-state index contributed by atoms with van der Waals surface area (Å²) in [4.78, 5) is 11.3. The van der Waals surface area contributed by atoms with Gasteiger partial charge < -0.3 is 15.2 Å². The van der Waals surface area contributed by atoms with E-state index in [2.05, 4.69) is 5.32 Å². The molecule has 0 aliphatic heterocycles. The van der Waals surface area contributed by atoms with Crippen LogP contribution in [0.4, 0.5) is 8.78 Å². The number of benzene rings is 2. The number of carboxylic acid groups (broad SMARTS) is 1. The van der Waals surface area contributed by atoms with Crippen LogP contribution in [-0.2, 0) is 14.6 Å². The number of carboxylic acids is 1. The highest BCUT2D eigenvalue weighted by Gasteiger charge is 2.16. The molecule has 0 radical (unpaired) electrons. The summed E-state index contributed by atoms with van der Waals surface area (Å²) in [6.07, 6.45) is 0.348.